The summed E-state index contributed by atoms with van der Waals surface area (Å²) in [6.07, 6.45) is 1.98. The predicted molar refractivity (Wildman–Crippen MR) is 121 cm³/mol. The Balaban J connectivity index is 1.30. The number of piperidine rings is 1. The van der Waals surface area contributed by atoms with E-state index in [0.717, 1.165) is 43.1 Å². The normalized spacial score (nSPS) is 17.6. The van der Waals surface area contributed by atoms with Crippen molar-refractivity contribution in [2.75, 3.05) is 51.3 Å². The summed E-state index contributed by atoms with van der Waals surface area (Å²) < 4.78 is 32.3. The molecular weight excluding hydrogens is 428 g/mol. The summed E-state index contributed by atoms with van der Waals surface area (Å²) in [5.41, 5.74) is 0.984. The first-order valence-corrected chi connectivity index (χ1v) is 11.4. The fourth-order valence-electron chi connectivity index (χ4n) is 4.61. The topological polar surface area (TPSA) is 53.1 Å². The van der Waals surface area contributed by atoms with Gasteiger partial charge in [-0.25, -0.2) is 8.78 Å². The second-order valence-corrected chi connectivity index (χ2v) is 8.55. The third-order valence-electron chi connectivity index (χ3n) is 6.54. The van der Waals surface area contributed by atoms with Crippen molar-refractivity contribution in [3.05, 3.63) is 59.7 Å². The van der Waals surface area contributed by atoms with E-state index in [9.17, 15) is 18.4 Å². The first-order chi connectivity index (χ1) is 16.0. The number of anilines is 1. The highest BCUT2D eigenvalue weighted by Crippen LogP contribution is 2.24. The highest BCUT2D eigenvalue weighted by Gasteiger charge is 2.32. The lowest BCUT2D eigenvalue weighted by Crippen LogP contribution is -2.45. The van der Waals surface area contributed by atoms with Crippen molar-refractivity contribution in [3.63, 3.8) is 0 Å². The van der Waals surface area contributed by atoms with Crippen LogP contribution in [-0.2, 0) is 4.79 Å². The van der Waals surface area contributed by atoms with E-state index in [-0.39, 0.29) is 17.4 Å². The molecule has 176 valence electrons. The number of rotatable bonds is 4. The second kappa shape index (κ2) is 10.2. The van der Waals surface area contributed by atoms with Crippen LogP contribution in [0.3, 0.4) is 0 Å². The van der Waals surface area contributed by atoms with Crippen LogP contribution in [0.2, 0.25) is 0 Å². The molecule has 2 aliphatic rings. The Morgan fingerprint density at radius 3 is 2.27 bits per heavy atom. The maximum atomic E-state index is 14.0. The molecule has 0 spiro atoms. The molecule has 8 heteroatoms. The van der Waals surface area contributed by atoms with Crippen LogP contribution in [0.15, 0.2) is 42.5 Å². The maximum absolute atomic E-state index is 14.0. The third-order valence-corrected chi connectivity index (χ3v) is 6.54. The van der Waals surface area contributed by atoms with E-state index in [0.29, 0.717) is 39.0 Å². The number of methoxy groups -OCH3 is 1. The largest absolute Gasteiger partial charge is 0.497 e. The van der Waals surface area contributed by atoms with E-state index in [2.05, 4.69) is 4.90 Å². The number of likely N-dealkylation sites (tertiary alicyclic amines) is 1. The smallest absolute Gasteiger partial charge is 0.256 e. The zero-order chi connectivity index (χ0) is 23.4. The Kier molecular flexibility index (Phi) is 7.11. The van der Waals surface area contributed by atoms with E-state index in [1.54, 1.807) is 12.0 Å². The molecule has 2 saturated heterocycles. The zero-order valence-electron chi connectivity index (χ0n) is 18.8. The van der Waals surface area contributed by atoms with Crippen molar-refractivity contribution in [1.29, 1.82) is 0 Å². The molecule has 4 rings (SSSR count). The minimum Gasteiger partial charge on any atom is -0.497 e. The molecule has 0 atom stereocenters. The molecule has 6 nitrogen and oxygen atoms in total. The molecule has 2 aromatic rings. The lowest BCUT2D eigenvalue weighted by Gasteiger charge is -2.34. The number of nitrogens with zero attached hydrogens (tertiary/aromatic N) is 3. The average molecular weight is 458 g/mol. The Morgan fingerprint density at radius 2 is 1.61 bits per heavy atom. The number of benzene rings is 2. The average Bonchev–Trinajstić information content (AvgIpc) is 3.10. The monoisotopic (exact) mass is 457 g/mol. The van der Waals surface area contributed by atoms with Crippen LogP contribution in [0.5, 0.6) is 5.75 Å². The number of carbonyl (C=O) groups is 2. The summed E-state index contributed by atoms with van der Waals surface area (Å²) >= 11 is 0. The Bertz CT molecular complexity index is 991. The molecule has 2 fully saturated rings. The van der Waals surface area contributed by atoms with Gasteiger partial charge in [-0.2, -0.15) is 0 Å². The molecule has 0 N–H and O–H groups in total. The summed E-state index contributed by atoms with van der Waals surface area (Å²) in [6, 6.07) is 10.9. The molecule has 0 bridgehead atoms. The maximum Gasteiger partial charge on any atom is 0.256 e. The molecule has 2 heterocycles. The van der Waals surface area contributed by atoms with Gasteiger partial charge in [0.05, 0.1) is 12.7 Å². The second-order valence-electron chi connectivity index (χ2n) is 8.55. The molecule has 33 heavy (non-hydrogen) atoms. The van der Waals surface area contributed by atoms with Crippen LogP contribution < -0.4 is 9.64 Å². The molecule has 2 amide bonds. The van der Waals surface area contributed by atoms with Crippen LogP contribution in [0.1, 0.15) is 29.6 Å². The van der Waals surface area contributed by atoms with E-state index < -0.39 is 17.5 Å². The van der Waals surface area contributed by atoms with Crippen LogP contribution in [0.25, 0.3) is 0 Å². The van der Waals surface area contributed by atoms with Gasteiger partial charge in [0, 0.05) is 56.9 Å². The van der Waals surface area contributed by atoms with Gasteiger partial charge >= 0.3 is 0 Å². The lowest BCUT2D eigenvalue weighted by atomic mass is 9.94. The Hall–Kier alpha value is -3.16. The molecule has 2 aliphatic heterocycles. The molecular formula is C25H29F2N3O3. The van der Waals surface area contributed by atoms with Crippen molar-refractivity contribution < 1.29 is 23.1 Å². The van der Waals surface area contributed by atoms with Crippen LogP contribution >= 0.6 is 0 Å². The number of hydrogen-bond acceptors (Lipinski definition) is 4. The summed E-state index contributed by atoms with van der Waals surface area (Å²) in [5, 5.41) is 0. The number of hydrogen-bond donors (Lipinski definition) is 0. The molecule has 0 aliphatic carbocycles. The van der Waals surface area contributed by atoms with Crippen LogP contribution in [-0.4, -0.2) is 68.0 Å². The highest BCUT2D eigenvalue weighted by atomic mass is 19.1. The predicted octanol–water partition coefficient (Wildman–Crippen LogP) is 3.56. The molecule has 2 aromatic carbocycles. The van der Waals surface area contributed by atoms with Gasteiger partial charge in [-0.15, -0.1) is 0 Å². The summed E-state index contributed by atoms with van der Waals surface area (Å²) in [4.78, 5) is 31.5. The van der Waals surface area contributed by atoms with Crippen molar-refractivity contribution in [2.45, 2.75) is 19.3 Å². The molecule has 0 unspecified atom stereocenters. The number of amides is 2. The molecule has 0 saturated carbocycles. The Morgan fingerprint density at radius 1 is 0.879 bits per heavy atom. The first kappa shape index (κ1) is 23.0. The van der Waals surface area contributed by atoms with E-state index in [4.69, 9.17) is 4.74 Å². The minimum atomic E-state index is -0.857. The van der Waals surface area contributed by atoms with Crippen LogP contribution in [0, 0.1) is 17.6 Å². The van der Waals surface area contributed by atoms with E-state index in [1.165, 1.54) is 6.07 Å². The number of ether oxygens (including phenoxy) is 1. The van der Waals surface area contributed by atoms with Gasteiger partial charge in [-0.05, 0) is 55.7 Å². The van der Waals surface area contributed by atoms with Gasteiger partial charge in [0.2, 0.25) is 5.91 Å². The van der Waals surface area contributed by atoms with Crippen molar-refractivity contribution in [1.82, 2.24) is 9.80 Å². The van der Waals surface area contributed by atoms with Crippen molar-refractivity contribution in [2.24, 2.45) is 5.92 Å². The van der Waals surface area contributed by atoms with Gasteiger partial charge < -0.3 is 19.4 Å². The minimum absolute atomic E-state index is 0.131. The zero-order valence-corrected chi connectivity index (χ0v) is 18.8. The van der Waals surface area contributed by atoms with E-state index >= 15 is 0 Å². The summed E-state index contributed by atoms with van der Waals surface area (Å²) in [7, 11) is 1.64. The fourth-order valence-corrected chi connectivity index (χ4v) is 4.61. The van der Waals surface area contributed by atoms with Gasteiger partial charge in [0.25, 0.3) is 5.91 Å². The SMILES string of the molecule is COc1ccc(N2CCCN(C(=O)C3CCN(C(=O)c4ccc(F)cc4F)CC3)CC2)cc1. The summed E-state index contributed by atoms with van der Waals surface area (Å²) in [5.74, 6) is -1.22. The van der Waals surface area contributed by atoms with Gasteiger partial charge in [-0.3, -0.25) is 9.59 Å². The summed E-state index contributed by atoms with van der Waals surface area (Å²) in [6.45, 7) is 3.79. The third kappa shape index (κ3) is 5.26. The van der Waals surface area contributed by atoms with Crippen molar-refractivity contribution in [3.8, 4) is 5.75 Å². The van der Waals surface area contributed by atoms with E-state index in [1.807, 2.05) is 29.2 Å². The molecule has 0 aromatic heterocycles. The standard InChI is InChI=1S/C25H29F2N3O3/c1-33-21-6-4-20(5-7-21)28-11-2-12-29(16-15-28)24(31)18-9-13-30(14-10-18)25(32)22-8-3-19(26)17-23(22)27/h3-8,17-18H,2,9-16H2,1H3. The first-order valence-electron chi connectivity index (χ1n) is 11.4. The molecule has 0 radical (unpaired) electrons. The van der Waals surface area contributed by atoms with Gasteiger partial charge in [0.15, 0.2) is 0 Å². The quantitative estimate of drug-likeness (QED) is 0.705. The van der Waals surface area contributed by atoms with Gasteiger partial charge in [0.1, 0.15) is 17.4 Å². The van der Waals surface area contributed by atoms with Crippen molar-refractivity contribution >= 4 is 17.5 Å². The fraction of sp³-hybridized carbons (Fsp3) is 0.440. The lowest BCUT2D eigenvalue weighted by molar-refractivity contribution is -0.136. The highest BCUT2D eigenvalue weighted by molar-refractivity contribution is 5.94. The Labute approximate surface area is 192 Å². The van der Waals surface area contributed by atoms with Gasteiger partial charge in [-0.1, -0.05) is 0 Å². The number of carbonyl (C=O) groups excluding carboxylic acids is 2. The number of halogens is 2. The van der Waals surface area contributed by atoms with Crippen LogP contribution in [0.4, 0.5) is 14.5 Å².